The maximum Gasteiger partial charge on any atom is 0.417 e. The third kappa shape index (κ3) is 4.45. The number of carbonyl (C=O) groups is 2. The molecule has 35 heavy (non-hydrogen) atoms. The fourth-order valence-corrected chi connectivity index (χ4v) is 5.83. The number of halogens is 3. The largest absolute Gasteiger partial charge is 0.417 e. The normalized spacial score (nSPS) is 26.2. The van der Waals surface area contributed by atoms with Crippen LogP contribution < -0.4 is 5.73 Å². The Bertz CT molecular complexity index is 1170. The molecule has 5 rings (SSSR count). The summed E-state index contributed by atoms with van der Waals surface area (Å²) < 4.78 is 39.6. The van der Waals surface area contributed by atoms with Crippen LogP contribution in [0.1, 0.15) is 35.2 Å². The van der Waals surface area contributed by atoms with E-state index in [1.54, 1.807) is 15.9 Å². The first-order chi connectivity index (χ1) is 16.7. The highest BCUT2D eigenvalue weighted by Gasteiger charge is 2.58. The van der Waals surface area contributed by atoms with Gasteiger partial charge >= 0.3 is 6.18 Å². The van der Waals surface area contributed by atoms with Gasteiger partial charge in [-0.05, 0) is 42.0 Å². The third-order valence-electron chi connectivity index (χ3n) is 7.52. The second-order valence-corrected chi connectivity index (χ2v) is 9.82. The highest BCUT2D eigenvalue weighted by molar-refractivity contribution is 5.93. The van der Waals surface area contributed by atoms with Gasteiger partial charge in [0.25, 0.3) is 0 Å². The summed E-state index contributed by atoms with van der Waals surface area (Å²) in [6.45, 7) is 1.18. The van der Waals surface area contributed by atoms with Crippen molar-refractivity contribution in [2.75, 3.05) is 19.6 Å². The molecular weight excluding hydrogens is 457 g/mol. The number of carbonyl (C=O) groups excluding carboxylic acids is 2. The number of nitrogens with zero attached hydrogens (tertiary/aromatic N) is 3. The molecular formula is C26H27F3N4O2. The number of pyridine rings is 1. The summed E-state index contributed by atoms with van der Waals surface area (Å²) in [4.78, 5) is 34.1. The lowest BCUT2D eigenvalue weighted by Gasteiger charge is -2.37. The number of likely N-dealkylation sites (tertiary alicyclic amines) is 1. The molecule has 2 aromatic rings. The molecule has 2 fully saturated rings. The molecule has 0 radical (unpaired) electrons. The maximum atomic E-state index is 13.9. The van der Waals surface area contributed by atoms with Gasteiger partial charge in [0, 0.05) is 56.6 Å². The predicted octanol–water partition coefficient (Wildman–Crippen LogP) is 3.26. The molecule has 1 aromatic carbocycles. The van der Waals surface area contributed by atoms with Crippen LogP contribution in [0.15, 0.2) is 48.7 Å². The summed E-state index contributed by atoms with van der Waals surface area (Å²) >= 11 is 0. The van der Waals surface area contributed by atoms with Crippen molar-refractivity contribution in [3.8, 4) is 0 Å². The Hall–Kier alpha value is -3.20. The molecule has 3 atom stereocenters. The van der Waals surface area contributed by atoms with Crippen molar-refractivity contribution in [1.82, 2.24) is 14.8 Å². The van der Waals surface area contributed by atoms with E-state index in [1.807, 2.05) is 30.3 Å². The topological polar surface area (TPSA) is 79.5 Å². The van der Waals surface area contributed by atoms with E-state index in [9.17, 15) is 22.8 Å². The van der Waals surface area contributed by atoms with Gasteiger partial charge in [0.1, 0.15) is 0 Å². The van der Waals surface area contributed by atoms with E-state index in [0.717, 1.165) is 17.8 Å². The van der Waals surface area contributed by atoms with Crippen LogP contribution in [0.4, 0.5) is 13.2 Å². The lowest BCUT2D eigenvalue weighted by Crippen LogP contribution is -2.49. The number of benzene rings is 1. The first-order valence-corrected chi connectivity index (χ1v) is 11.8. The molecule has 3 heterocycles. The molecule has 2 N–H and O–H groups in total. The SMILES string of the molecule is N[C@@H]1C[C@H]2CN(C(=O)C=Cc3ccccc3)C[C@@]2(C(=O)N2CCc3ncc(C(F)(F)F)cc3C2)C1. The number of hydrogen-bond donors (Lipinski definition) is 1. The third-order valence-corrected chi connectivity index (χ3v) is 7.52. The van der Waals surface area contributed by atoms with E-state index in [-0.39, 0.29) is 36.9 Å². The number of rotatable bonds is 3. The molecule has 1 aliphatic carbocycles. The summed E-state index contributed by atoms with van der Waals surface area (Å²) in [5.41, 5.74) is 6.56. The number of hydrogen-bond acceptors (Lipinski definition) is 4. The lowest BCUT2D eigenvalue weighted by atomic mass is 9.78. The minimum Gasteiger partial charge on any atom is -0.338 e. The van der Waals surface area contributed by atoms with Crippen molar-refractivity contribution in [3.63, 3.8) is 0 Å². The van der Waals surface area contributed by atoms with Gasteiger partial charge in [0.2, 0.25) is 11.8 Å². The van der Waals surface area contributed by atoms with Gasteiger partial charge < -0.3 is 15.5 Å². The zero-order valence-corrected chi connectivity index (χ0v) is 19.2. The monoisotopic (exact) mass is 484 g/mol. The van der Waals surface area contributed by atoms with Crippen molar-refractivity contribution in [2.45, 2.75) is 38.0 Å². The number of fused-ring (bicyclic) bond motifs is 2. The molecule has 1 aromatic heterocycles. The van der Waals surface area contributed by atoms with Crippen LogP contribution in [0.5, 0.6) is 0 Å². The number of aromatic nitrogens is 1. The van der Waals surface area contributed by atoms with Gasteiger partial charge in [-0.15, -0.1) is 0 Å². The first kappa shape index (κ1) is 23.5. The zero-order chi connectivity index (χ0) is 24.8. The molecule has 0 unspecified atom stereocenters. The van der Waals surface area contributed by atoms with E-state index >= 15 is 0 Å². The zero-order valence-electron chi connectivity index (χ0n) is 19.2. The van der Waals surface area contributed by atoms with E-state index in [1.165, 1.54) is 6.08 Å². The molecule has 2 amide bonds. The van der Waals surface area contributed by atoms with Crippen molar-refractivity contribution in [2.24, 2.45) is 17.1 Å². The summed E-state index contributed by atoms with van der Waals surface area (Å²) in [6.07, 6.45) is 1.14. The molecule has 1 saturated carbocycles. The molecule has 184 valence electrons. The van der Waals surface area contributed by atoms with Crippen molar-refractivity contribution >= 4 is 17.9 Å². The van der Waals surface area contributed by atoms with Gasteiger partial charge in [0.05, 0.1) is 11.0 Å². The quantitative estimate of drug-likeness (QED) is 0.679. The fourth-order valence-electron chi connectivity index (χ4n) is 5.83. The van der Waals surface area contributed by atoms with Gasteiger partial charge in [-0.3, -0.25) is 14.6 Å². The summed E-state index contributed by atoms with van der Waals surface area (Å²) in [6, 6.07) is 10.4. The van der Waals surface area contributed by atoms with E-state index in [0.29, 0.717) is 43.6 Å². The Morgan fingerprint density at radius 2 is 1.94 bits per heavy atom. The van der Waals surface area contributed by atoms with Gasteiger partial charge in [-0.1, -0.05) is 30.3 Å². The van der Waals surface area contributed by atoms with Crippen LogP contribution >= 0.6 is 0 Å². The standard InChI is InChI=1S/C26H27F3N4O2/c27-26(28,29)19-10-18-14-32(9-8-22(18)31-13-19)24(35)25-12-21(30)11-20(25)15-33(16-25)23(34)7-6-17-4-2-1-3-5-17/h1-7,10,13,20-21H,8-9,11-12,14-16,30H2/t20-,21+,25-/m0/s1. The fraction of sp³-hybridized carbons (Fsp3) is 0.423. The van der Waals surface area contributed by atoms with Gasteiger partial charge in [0.15, 0.2) is 0 Å². The first-order valence-electron chi connectivity index (χ1n) is 11.8. The smallest absolute Gasteiger partial charge is 0.338 e. The minimum atomic E-state index is -4.49. The van der Waals surface area contributed by atoms with E-state index in [2.05, 4.69) is 4.98 Å². The number of amides is 2. The van der Waals surface area contributed by atoms with E-state index < -0.39 is 17.2 Å². The van der Waals surface area contributed by atoms with Crippen LogP contribution in [-0.2, 0) is 28.7 Å². The molecule has 0 spiro atoms. The Morgan fingerprint density at radius 3 is 2.69 bits per heavy atom. The van der Waals surface area contributed by atoms with Crippen LogP contribution in [0.2, 0.25) is 0 Å². The number of nitrogens with two attached hydrogens (primary N) is 1. The Morgan fingerprint density at radius 1 is 1.17 bits per heavy atom. The van der Waals surface area contributed by atoms with Gasteiger partial charge in [-0.2, -0.15) is 13.2 Å². The van der Waals surface area contributed by atoms with E-state index in [4.69, 9.17) is 5.73 Å². The molecule has 6 nitrogen and oxygen atoms in total. The second kappa shape index (κ2) is 8.78. The maximum absolute atomic E-state index is 13.9. The van der Waals surface area contributed by atoms with Crippen molar-refractivity contribution in [1.29, 1.82) is 0 Å². The number of alkyl halides is 3. The van der Waals surface area contributed by atoms with Gasteiger partial charge in [-0.25, -0.2) is 0 Å². The molecule has 0 bridgehead atoms. The highest BCUT2D eigenvalue weighted by Crippen LogP contribution is 2.50. The average Bonchev–Trinajstić information content (AvgIpc) is 3.35. The lowest BCUT2D eigenvalue weighted by molar-refractivity contribution is -0.144. The Kier molecular flexibility index (Phi) is 5.91. The van der Waals surface area contributed by atoms with Crippen molar-refractivity contribution < 1.29 is 22.8 Å². The molecule has 1 saturated heterocycles. The predicted molar refractivity (Wildman–Crippen MR) is 124 cm³/mol. The summed E-state index contributed by atoms with van der Waals surface area (Å²) in [5.74, 6) is -0.354. The highest BCUT2D eigenvalue weighted by atomic mass is 19.4. The minimum absolute atomic E-state index is 0.0693. The molecule has 2 aliphatic heterocycles. The van der Waals surface area contributed by atoms with Crippen LogP contribution in [-0.4, -0.2) is 52.3 Å². The Labute approximate surface area is 201 Å². The molecule has 9 heteroatoms. The molecule has 3 aliphatic rings. The average molecular weight is 485 g/mol. The van der Waals surface area contributed by atoms with Crippen LogP contribution in [0.3, 0.4) is 0 Å². The summed E-state index contributed by atoms with van der Waals surface area (Å²) in [7, 11) is 0. The van der Waals surface area contributed by atoms with Crippen molar-refractivity contribution in [3.05, 3.63) is 71.1 Å². The summed E-state index contributed by atoms with van der Waals surface area (Å²) in [5, 5.41) is 0. The second-order valence-electron chi connectivity index (χ2n) is 9.82. The van der Waals surface area contributed by atoms with Crippen LogP contribution in [0, 0.1) is 11.3 Å². The Balaban J connectivity index is 1.35. The van der Waals surface area contributed by atoms with Crippen LogP contribution in [0.25, 0.3) is 6.08 Å².